The molecular weight excluding hydrogens is 414 g/mol. The van der Waals surface area contributed by atoms with E-state index in [9.17, 15) is 4.79 Å². The Morgan fingerprint density at radius 2 is 1.91 bits per heavy atom. The smallest absolute Gasteiger partial charge is 0.299 e. The van der Waals surface area contributed by atoms with Crippen LogP contribution in [0.1, 0.15) is 51.4 Å². The van der Waals surface area contributed by atoms with Crippen LogP contribution in [0.25, 0.3) is 22.5 Å². The van der Waals surface area contributed by atoms with Crippen LogP contribution in [0.5, 0.6) is 0 Å². The number of tetrazole rings is 1. The first-order chi connectivity index (χ1) is 16.1. The maximum Gasteiger partial charge on any atom is 0.328 e. The van der Waals surface area contributed by atoms with Crippen molar-refractivity contribution < 1.29 is 0 Å². The van der Waals surface area contributed by atoms with E-state index >= 15 is 0 Å². The number of H-pyrrole nitrogens is 1. The van der Waals surface area contributed by atoms with E-state index in [2.05, 4.69) is 46.4 Å². The standard InChI is InChI=1S/C25H31N7O/c1-4-5-8-21-17-31(14-13-18(2)3)25(33)32(21)16-20-12-11-19(15-26-20)22-9-6-7-10-23(22)24-27-29-30-28-24/h6-7,9-12,15,17-18H,4-5,8,13-14,16H2,1-3H3,(H,27,28,29,30). The third-order valence-corrected chi connectivity index (χ3v) is 5.85. The van der Waals surface area contributed by atoms with Gasteiger partial charge in [-0.3, -0.25) is 14.1 Å². The second-order valence-corrected chi connectivity index (χ2v) is 8.80. The molecule has 0 saturated heterocycles. The third kappa shape index (κ3) is 5.27. The number of rotatable bonds is 10. The second kappa shape index (κ2) is 10.4. The van der Waals surface area contributed by atoms with E-state index in [4.69, 9.17) is 0 Å². The Kier molecular flexibility index (Phi) is 7.12. The molecule has 1 N–H and O–H groups in total. The van der Waals surface area contributed by atoms with E-state index < -0.39 is 0 Å². The molecule has 8 nitrogen and oxygen atoms in total. The molecule has 33 heavy (non-hydrogen) atoms. The summed E-state index contributed by atoms with van der Waals surface area (Å²) in [5, 5.41) is 14.2. The van der Waals surface area contributed by atoms with Crippen molar-refractivity contribution in [2.75, 3.05) is 0 Å². The SMILES string of the molecule is CCCCc1cn(CCC(C)C)c(=O)n1Cc1ccc(-c2ccccc2-c2nnn[nH]2)cn1. The number of hydrogen-bond acceptors (Lipinski definition) is 5. The van der Waals surface area contributed by atoms with Crippen molar-refractivity contribution in [1.82, 2.24) is 34.7 Å². The van der Waals surface area contributed by atoms with Crippen molar-refractivity contribution in [2.45, 2.75) is 59.5 Å². The van der Waals surface area contributed by atoms with Gasteiger partial charge in [0, 0.05) is 35.8 Å². The number of aryl methyl sites for hydroxylation is 2. The van der Waals surface area contributed by atoms with Gasteiger partial charge < -0.3 is 0 Å². The molecule has 4 aromatic rings. The van der Waals surface area contributed by atoms with Gasteiger partial charge in [-0.2, -0.15) is 0 Å². The van der Waals surface area contributed by atoms with E-state index in [0.717, 1.165) is 60.3 Å². The summed E-state index contributed by atoms with van der Waals surface area (Å²) in [7, 11) is 0. The quantitative estimate of drug-likeness (QED) is 0.392. The highest BCUT2D eigenvalue weighted by molar-refractivity contribution is 5.79. The lowest BCUT2D eigenvalue weighted by Gasteiger charge is -2.09. The van der Waals surface area contributed by atoms with Crippen molar-refractivity contribution in [2.24, 2.45) is 5.92 Å². The molecule has 0 radical (unpaired) electrons. The molecule has 172 valence electrons. The molecule has 0 saturated carbocycles. The average molecular weight is 446 g/mol. The van der Waals surface area contributed by atoms with E-state index in [1.165, 1.54) is 0 Å². The molecule has 0 spiro atoms. The Morgan fingerprint density at radius 3 is 2.58 bits per heavy atom. The zero-order valence-corrected chi connectivity index (χ0v) is 19.5. The Bertz CT molecular complexity index is 1220. The van der Waals surface area contributed by atoms with E-state index in [1.807, 2.05) is 57.9 Å². The summed E-state index contributed by atoms with van der Waals surface area (Å²) in [6.45, 7) is 7.76. The highest BCUT2D eigenvalue weighted by Crippen LogP contribution is 2.29. The van der Waals surface area contributed by atoms with Gasteiger partial charge in [0.15, 0.2) is 5.82 Å². The summed E-state index contributed by atoms with van der Waals surface area (Å²) in [5.74, 6) is 1.17. The van der Waals surface area contributed by atoms with E-state index in [-0.39, 0.29) is 5.69 Å². The molecule has 1 aromatic carbocycles. The number of nitrogens with one attached hydrogen (secondary N) is 1. The fourth-order valence-corrected chi connectivity index (χ4v) is 3.92. The van der Waals surface area contributed by atoms with Gasteiger partial charge in [-0.25, -0.2) is 9.89 Å². The number of nitrogens with zero attached hydrogens (tertiary/aromatic N) is 6. The maximum absolute atomic E-state index is 13.1. The predicted octanol–water partition coefficient (Wildman–Crippen LogP) is 4.33. The number of aromatic nitrogens is 7. The van der Waals surface area contributed by atoms with Crippen molar-refractivity contribution >= 4 is 0 Å². The van der Waals surface area contributed by atoms with Gasteiger partial charge in [-0.15, -0.1) is 5.10 Å². The highest BCUT2D eigenvalue weighted by atomic mass is 16.1. The van der Waals surface area contributed by atoms with Crippen molar-refractivity contribution in [1.29, 1.82) is 0 Å². The van der Waals surface area contributed by atoms with Crippen LogP contribution >= 0.6 is 0 Å². The molecule has 0 aliphatic rings. The molecule has 0 unspecified atom stereocenters. The molecule has 0 fully saturated rings. The number of benzene rings is 1. The van der Waals surface area contributed by atoms with Crippen LogP contribution in [0.15, 0.2) is 53.6 Å². The minimum absolute atomic E-state index is 0.0517. The van der Waals surface area contributed by atoms with Crippen molar-refractivity contribution in [3.05, 3.63) is 70.7 Å². The molecule has 8 heteroatoms. The zero-order chi connectivity index (χ0) is 23.2. The summed E-state index contributed by atoms with van der Waals surface area (Å²) >= 11 is 0. The summed E-state index contributed by atoms with van der Waals surface area (Å²) in [4.78, 5) is 17.8. The van der Waals surface area contributed by atoms with Gasteiger partial charge in [-0.1, -0.05) is 57.5 Å². The normalized spacial score (nSPS) is 11.4. The van der Waals surface area contributed by atoms with Gasteiger partial charge in [0.2, 0.25) is 0 Å². The van der Waals surface area contributed by atoms with Crippen LogP contribution in [0.2, 0.25) is 0 Å². The van der Waals surface area contributed by atoms with Crippen LogP contribution < -0.4 is 5.69 Å². The number of imidazole rings is 1. The first-order valence-electron chi connectivity index (χ1n) is 11.6. The van der Waals surface area contributed by atoms with Crippen LogP contribution in [-0.2, 0) is 19.5 Å². The molecule has 3 heterocycles. The minimum atomic E-state index is 0.0517. The van der Waals surface area contributed by atoms with E-state index in [1.54, 1.807) is 0 Å². The molecule has 0 aliphatic carbocycles. The minimum Gasteiger partial charge on any atom is -0.299 e. The molecular formula is C25H31N7O. The Hall–Kier alpha value is -3.55. The lowest BCUT2D eigenvalue weighted by molar-refractivity contribution is 0.502. The third-order valence-electron chi connectivity index (χ3n) is 5.85. The van der Waals surface area contributed by atoms with Gasteiger partial charge >= 0.3 is 5.69 Å². The zero-order valence-electron chi connectivity index (χ0n) is 19.5. The summed E-state index contributed by atoms with van der Waals surface area (Å²) in [5.41, 5.74) is 4.88. The fraction of sp³-hybridized carbons (Fsp3) is 0.400. The summed E-state index contributed by atoms with van der Waals surface area (Å²) in [6, 6.07) is 12.0. The van der Waals surface area contributed by atoms with Crippen molar-refractivity contribution in [3.8, 4) is 22.5 Å². The number of pyridine rings is 1. The van der Waals surface area contributed by atoms with Crippen LogP contribution in [-0.4, -0.2) is 34.7 Å². The lowest BCUT2D eigenvalue weighted by atomic mass is 10.0. The van der Waals surface area contributed by atoms with Crippen molar-refractivity contribution in [3.63, 3.8) is 0 Å². The number of aromatic amines is 1. The number of hydrogen-bond donors (Lipinski definition) is 1. The molecule has 0 aliphatic heterocycles. The molecule has 0 amide bonds. The van der Waals surface area contributed by atoms with Crippen LogP contribution in [0.3, 0.4) is 0 Å². The molecule has 0 atom stereocenters. The van der Waals surface area contributed by atoms with Crippen LogP contribution in [0, 0.1) is 5.92 Å². The van der Waals surface area contributed by atoms with Gasteiger partial charge in [0.1, 0.15) is 0 Å². The van der Waals surface area contributed by atoms with Gasteiger partial charge in [0.25, 0.3) is 0 Å². The molecule has 3 aromatic heterocycles. The van der Waals surface area contributed by atoms with Gasteiger partial charge in [-0.05, 0) is 47.2 Å². The first-order valence-corrected chi connectivity index (χ1v) is 11.6. The number of unbranched alkanes of at least 4 members (excludes halogenated alkanes) is 1. The molecule has 4 rings (SSSR count). The average Bonchev–Trinajstić information content (AvgIpc) is 3.46. The topological polar surface area (TPSA) is 94.3 Å². The predicted molar refractivity (Wildman–Crippen MR) is 129 cm³/mol. The summed E-state index contributed by atoms with van der Waals surface area (Å²) in [6.07, 6.45) is 7.94. The first kappa shape index (κ1) is 22.6. The summed E-state index contributed by atoms with van der Waals surface area (Å²) < 4.78 is 3.74. The fourth-order valence-electron chi connectivity index (χ4n) is 3.92. The van der Waals surface area contributed by atoms with Gasteiger partial charge in [0.05, 0.1) is 12.2 Å². The molecule has 0 bridgehead atoms. The van der Waals surface area contributed by atoms with E-state index in [0.29, 0.717) is 18.3 Å². The Morgan fingerprint density at radius 1 is 1.09 bits per heavy atom. The monoisotopic (exact) mass is 445 g/mol. The second-order valence-electron chi connectivity index (χ2n) is 8.80. The van der Waals surface area contributed by atoms with Crippen LogP contribution in [0.4, 0.5) is 0 Å². The largest absolute Gasteiger partial charge is 0.328 e. The Labute approximate surface area is 193 Å². The lowest BCUT2D eigenvalue weighted by Crippen LogP contribution is -2.26. The highest BCUT2D eigenvalue weighted by Gasteiger charge is 2.14. The maximum atomic E-state index is 13.1. The Balaban J connectivity index is 1.59.